The van der Waals surface area contributed by atoms with Crippen LogP contribution in [0.1, 0.15) is 10.4 Å². The number of carboxylic acids is 1. The summed E-state index contributed by atoms with van der Waals surface area (Å²) in [6.07, 6.45) is -5.08. The minimum Gasteiger partial charge on any atom is -0.475 e. The molecule has 0 aliphatic carbocycles. The zero-order chi connectivity index (χ0) is 31.0. The van der Waals surface area contributed by atoms with Gasteiger partial charge in [0.15, 0.2) is 0 Å². The second kappa shape index (κ2) is 13.8. The van der Waals surface area contributed by atoms with Crippen LogP contribution in [0.4, 0.5) is 30.2 Å². The number of rotatable bonds is 6. The molecule has 2 saturated heterocycles. The fourth-order valence-electron chi connectivity index (χ4n) is 4.72. The number of alkyl halides is 3. The highest BCUT2D eigenvalue weighted by Gasteiger charge is 2.38. The predicted octanol–water partition coefficient (Wildman–Crippen LogP) is 3.49. The normalized spacial score (nSPS) is 15.7. The molecule has 43 heavy (non-hydrogen) atoms. The van der Waals surface area contributed by atoms with Crippen LogP contribution in [0, 0.1) is 0 Å². The quantitative estimate of drug-likeness (QED) is 0.384. The molecule has 2 aliphatic rings. The maximum Gasteiger partial charge on any atom is 0.490 e. The Labute approximate surface area is 247 Å². The summed E-state index contributed by atoms with van der Waals surface area (Å²) in [4.78, 5) is 28.8. The molecule has 0 aromatic heterocycles. The smallest absolute Gasteiger partial charge is 0.475 e. The lowest BCUT2D eigenvalue weighted by Crippen LogP contribution is -2.48. The van der Waals surface area contributed by atoms with Gasteiger partial charge >= 0.3 is 12.1 Å². The first kappa shape index (κ1) is 31.6. The second-order valence-electron chi connectivity index (χ2n) is 9.81. The van der Waals surface area contributed by atoms with E-state index in [2.05, 4.69) is 32.0 Å². The summed E-state index contributed by atoms with van der Waals surface area (Å²) in [7, 11) is -3.80. The van der Waals surface area contributed by atoms with Crippen molar-refractivity contribution in [3.8, 4) is 0 Å². The number of hydrogen-bond donors (Lipinski definition) is 3. The molecule has 3 aromatic carbocycles. The SMILES string of the molecule is O=C(O)C(F)(F)F.O=C(c1ccc(N2CCNCC2)c(NS(=O)(=O)c2ccccc2)c1)N1CCN(c2ccccc2)CC1. The Kier molecular flexibility index (Phi) is 10.1. The molecule has 5 rings (SSSR count). The average Bonchev–Trinajstić information content (AvgIpc) is 3.02. The Morgan fingerprint density at radius 1 is 0.791 bits per heavy atom. The number of piperazine rings is 2. The van der Waals surface area contributed by atoms with Gasteiger partial charge in [0.05, 0.1) is 16.3 Å². The first-order valence-corrected chi connectivity index (χ1v) is 15.0. The molecule has 10 nitrogen and oxygen atoms in total. The van der Waals surface area contributed by atoms with Gasteiger partial charge in [0.25, 0.3) is 15.9 Å². The molecule has 0 saturated carbocycles. The number of nitrogens with one attached hydrogen (secondary N) is 2. The van der Waals surface area contributed by atoms with Crippen LogP contribution >= 0.6 is 0 Å². The van der Waals surface area contributed by atoms with Crippen LogP contribution in [0.15, 0.2) is 83.8 Å². The maximum absolute atomic E-state index is 13.4. The number of aliphatic carboxylic acids is 1. The van der Waals surface area contributed by atoms with Gasteiger partial charge in [-0.25, -0.2) is 13.2 Å². The van der Waals surface area contributed by atoms with Crippen molar-refractivity contribution >= 4 is 39.0 Å². The first-order valence-electron chi connectivity index (χ1n) is 13.5. The van der Waals surface area contributed by atoms with E-state index >= 15 is 0 Å². The van der Waals surface area contributed by atoms with Gasteiger partial charge in [-0.2, -0.15) is 13.2 Å². The third-order valence-electron chi connectivity index (χ3n) is 6.93. The summed E-state index contributed by atoms with van der Waals surface area (Å²) in [5.41, 5.74) is 2.84. The highest BCUT2D eigenvalue weighted by Crippen LogP contribution is 2.31. The van der Waals surface area contributed by atoms with Crippen LogP contribution in [-0.4, -0.2) is 88.8 Å². The van der Waals surface area contributed by atoms with Crippen molar-refractivity contribution in [1.29, 1.82) is 0 Å². The molecule has 2 heterocycles. The number of sulfonamides is 1. The third-order valence-corrected chi connectivity index (χ3v) is 8.31. The minimum absolute atomic E-state index is 0.0882. The minimum atomic E-state index is -5.08. The van der Waals surface area contributed by atoms with Gasteiger partial charge in [-0.05, 0) is 42.5 Å². The Hall–Kier alpha value is -4.30. The second-order valence-corrected chi connectivity index (χ2v) is 11.5. The summed E-state index contributed by atoms with van der Waals surface area (Å²) in [5, 5.41) is 10.4. The number of halogens is 3. The van der Waals surface area contributed by atoms with Gasteiger partial charge in [-0.3, -0.25) is 9.52 Å². The zero-order valence-corrected chi connectivity index (χ0v) is 23.9. The molecule has 0 unspecified atom stereocenters. The molecule has 0 atom stereocenters. The largest absolute Gasteiger partial charge is 0.490 e. The van der Waals surface area contributed by atoms with Crippen LogP contribution in [-0.2, 0) is 14.8 Å². The van der Waals surface area contributed by atoms with E-state index in [4.69, 9.17) is 9.90 Å². The van der Waals surface area contributed by atoms with Crippen molar-refractivity contribution in [3.63, 3.8) is 0 Å². The highest BCUT2D eigenvalue weighted by atomic mass is 32.2. The molecule has 2 fully saturated rings. The average molecular weight is 620 g/mol. The summed E-state index contributed by atoms with van der Waals surface area (Å²) < 4.78 is 60.8. The van der Waals surface area contributed by atoms with Crippen LogP contribution in [0.25, 0.3) is 0 Å². The van der Waals surface area contributed by atoms with Gasteiger partial charge in [-0.15, -0.1) is 0 Å². The van der Waals surface area contributed by atoms with Crippen LogP contribution in [0.2, 0.25) is 0 Å². The van der Waals surface area contributed by atoms with Crippen molar-refractivity contribution in [3.05, 3.63) is 84.4 Å². The molecule has 0 bridgehead atoms. The highest BCUT2D eigenvalue weighted by molar-refractivity contribution is 7.92. The van der Waals surface area contributed by atoms with E-state index in [0.717, 1.165) is 50.6 Å². The van der Waals surface area contributed by atoms with Crippen LogP contribution in [0.5, 0.6) is 0 Å². The van der Waals surface area contributed by atoms with Gasteiger partial charge in [0, 0.05) is 63.6 Å². The van der Waals surface area contributed by atoms with Gasteiger partial charge in [0.1, 0.15) is 0 Å². The number of anilines is 3. The summed E-state index contributed by atoms with van der Waals surface area (Å²) >= 11 is 0. The number of carbonyl (C=O) groups excluding carboxylic acids is 1. The Morgan fingerprint density at radius 2 is 1.35 bits per heavy atom. The van der Waals surface area contributed by atoms with E-state index in [0.29, 0.717) is 24.3 Å². The summed E-state index contributed by atoms with van der Waals surface area (Å²) in [6.45, 7) is 5.87. The van der Waals surface area contributed by atoms with Crippen molar-refractivity contribution in [2.75, 3.05) is 66.9 Å². The van der Waals surface area contributed by atoms with E-state index in [9.17, 15) is 26.4 Å². The molecule has 0 radical (unpaired) electrons. The predicted molar refractivity (Wildman–Crippen MR) is 157 cm³/mol. The monoisotopic (exact) mass is 619 g/mol. The van der Waals surface area contributed by atoms with Gasteiger partial charge < -0.3 is 25.1 Å². The lowest BCUT2D eigenvalue weighted by Gasteiger charge is -2.36. The molecule has 1 amide bonds. The number of carboxylic acid groups (broad SMARTS) is 1. The Bertz CT molecular complexity index is 1490. The van der Waals surface area contributed by atoms with Crippen molar-refractivity contribution in [2.24, 2.45) is 0 Å². The number of nitrogens with zero attached hydrogens (tertiary/aromatic N) is 3. The Morgan fingerprint density at radius 3 is 1.91 bits per heavy atom. The molecular formula is C29H32F3N5O5S. The maximum atomic E-state index is 13.4. The molecule has 2 aliphatic heterocycles. The van der Waals surface area contributed by atoms with E-state index in [1.165, 1.54) is 0 Å². The molecule has 230 valence electrons. The molecule has 14 heteroatoms. The van der Waals surface area contributed by atoms with E-state index in [1.807, 2.05) is 35.2 Å². The third kappa shape index (κ3) is 8.38. The number of para-hydroxylation sites is 1. The fourth-order valence-corrected chi connectivity index (χ4v) is 5.81. The molecule has 0 spiro atoms. The molecular weight excluding hydrogens is 587 g/mol. The zero-order valence-electron chi connectivity index (χ0n) is 23.1. The fraction of sp³-hybridized carbons (Fsp3) is 0.310. The van der Waals surface area contributed by atoms with Crippen molar-refractivity contribution < 1.29 is 36.3 Å². The molecule has 3 aromatic rings. The van der Waals surface area contributed by atoms with Crippen molar-refractivity contribution in [2.45, 2.75) is 11.1 Å². The van der Waals surface area contributed by atoms with Crippen LogP contribution < -0.4 is 19.8 Å². The first-order chi connectivity index (χ1) is 20.5. The van der Waals surface area contributed by atoms with Gasteiger partial charge in [0.2, 0.25) is 0 Å². The van der Waals surface area contributed by atoms with E-state index in [1.54, 1.807) is 36.4 Å². The van der Waals surface area contributed by atoms with Crippen molar-refractivity contribution in [1.82, 2.24) is 10.2 Å². The van der Waals surface area contributed by atoms with Gasteiger partial charge in [-0.1, -0.05) is 36.4 Å². The number of carbonyl (C=O) groups is 2. The number of benzene rings is 3. The summed E-state index contributed by atoms with van der Waals surface area (Å²) in [5.74, 6) is -2.85. The van der Waals surface area contributed by atoms with Crippen LogP contribution in [0.3, 0.4) is 0 Å². The lowest BCUT2D eigenvalue weighted by atomic mass is 10.1. The van der Waals surface area contributed by atoms with E-state index < -0.39 is 22.2 Å². The number of amides is 1. The lowest BCUT2D eigenvalue weighted by molar-refractivity contribution is -0.192. The summed E-state index contributed by atoms with van der Waals surface area (Å²) in [6, 6.07) is 23.8. The standard InChI is InChI=1S/C27H31N5O3S.C2HF3O2/c33-27(32-19-17-30(18-20-32)23-7-3-1-4-8-23)22-11-12-26(31-15-13-28-14-16-31)25(21-22)29-36(34,35)24-9-5-2-6-10-24;3-2(4,5)1(6)7/h1-12,21,28-29H,13-20H2;(H,6,7). The molecule has 3 N–H and O–H groups in total. The number of hydrogen-bond acceptors (Lipinski definition) is 7. The topological polar surface area (TPSA) is 122 Å². The Balaban J connectivity index is 0.000000541. The van der Waals surface area contributed by atoms with E-state index in [-0.39, 0.29) is 10.8 Å².